The van der Waals surface area contributed by atoms with Crippen molar-refractivity contribution in [3.63, 3.8) is 0 Å². The molecule has 0 fully saturated rings. The molecule has 0 bridgehead atoms. The summed E-state index contributed by atoms with van der Waals surface area (Å²) in [5.41, 5.74) is 8.06. The summed E-state index contributed by atoms with van der Waals surface area (Å²) in [6.45, 7) is 2.73. The van der Waals surface area contributed by atoms with Crippen LogP contribution in [0.15, 0.2) is 29.9 Å². The predicted octanol–water partition coefficient (Wildman–Crippen LogP) is 2.59. The van der Waals surface area contributed by atoms with Crippen LogP contribution >= 0.6 is 11.3 Å². The number of anilines is 2. The van der Waals surface area contributed by atoms with Crippen LogP contribution < -0.4 is 11.1 Å². The lowest BCUT2D eigenvalue weighted by molar-refractivity contribution is 1.06. The summed E-state index contributed by atoms with van der Waals surface area (Å²) in [6.07, 6.45) is 3.65. The van der Waals surface area contributed by atoms with E-state index in [1.54, 1.807) is 17.5 Å². The Bertz CT molecular complexity index is 722. The van der Waals surface area contributed by atoms with E-state index >= 15 is 0 Å². The van der Waals surface area contributed by atoms with E-state index in [1.807, 2.05) is 23.7 Å². The minimum atomic E-state index is 0.292. The highest BCUT2D eigenvalue weighted by Gasteiger charge is 2.07. The third-order valence-electron chi connectivity index (χ3n) is 2.94. The standard InChI is InChI=1S/C13H13N5S/c1-8-2-4-15-6-9(8)7-16-11-10-3-5-19-12(10)18-13(14)17-11/h2-6H,7H2,1H3,(H3,14,16,17,18). The van der Waals surface area contributed by atoms with E-state index in [0.717, 1.165) is 21.6 Å². The van der Waals surface area contributed by atoms with Crippen LogP contribution in [-0.2, 0) is 6.54 Å². The smallest absolute Gasteiger partial charge is 0.223 e. The van der Waals surface area contributed by atoms with Gasteiger partial charge in [0.15, 0.2) is 0 Å². The number of aryl methyl sites for hydroxylation is 1. The van der Waals surface area contributed by atoms with Crippen molar-refractivity contribution in [2.24, 2.45) is 0 Å². The van der Waals surface area contributed by atoms with Gasteiger partial charge in [0.1, 0.15) is 10.6 Å². The monoisotopic (exact) mass is 271 g/mol. The molecule has 3 aromatic rings. The van der Waals surface area contributed by atoms with Gasteiger partial charge in [-0.3, -0.25) is 4.98 Å². The fourth-order valence-electron chi connectivity index (χ4n) is 1.87. The zero-order chi connectivity index (χ0) is 13.2. The van der Waals surface area contributed by atoms with Gasteiger partial charge in [0.05, 0.1) is 5.39 Å². The van der Waals surface area contributed by atoms with Gasteiger partial charge in [-0.25, -0.2) is 4.98 Å². The van der Waals surface area contributed by atoms with Crippen LogP contribution in [0.2, 0.25) is 0 Å². The molecule has 0 spiro atoms. The highest BCUT2D eigenvalue weighted by Crippen LogP contribution is 2.26. The van der Waals surface area contributed by atoms with Crippen molar-refractivity contribution in [1.82, 2.24) is 15.0 Å². The second kappa shape index (κ2) is 4.81. The van der Waals surface area contributed by atoms with Crippen molar-refractivity contribution < 1.29 is 0 Å². The number of pyridine rings is 1. The molecule has 19 heavy (non-hydrogen) atoms. The predicted molar refractivity (Wildman–Crippen MR) is 78.1 cm³/mol. The molecule has 0 aliphatic carbocycles. The van der Waals surface area contributed by atoms with Gasteiger partial charge in [0.2, 0.25) is 5.95 Å². The van der Waals surface area contributed by atoms with Crippen molar-refractivity contribution in [2.75, 3.05) is 11.1 Å². The van der Waals surface area contributed by atoms with Gasteiger partial charge in [-0.1, -0.05) is 0 Å². The van der Waals surface area contributed by atoms with E-state index in [1.165, 1.54) is 5.56 Å². The van der Waals surface area contributed by atoms with Gasteiger partial charge in [-0.05, 0) is 35.6 Å². The lowest BCUT2D eigenvalue weighted by Gasteiger charge is -2.09. The van der Waals surface area contributed by atoms with Gasteiger partial charge in [-0.2, -0.15) is 4.98 Å². The Morgan fingerprint density at radius 1 is 1.32 bits per heavy atom. The molecule has 96 valence electrons. The highest BCUT2D eigenvalue weighted by atomic mass is 32.1. The van der Waals surface area contributed by atoms with Crippen LogP contribution in [-0.4, -0.2) is 15.0 Å². The Kier molecular flexibility index (Phi) is 3.00. The Hall–Kier alpha value is -2.21. The summed E-state index contributed by atoms with van der Waals surface area (Å²) >= 11 is 1.56. The van der Waals surface area contributed by atoms with Crippen LogP contribution in [0.1, 0.15) is 11.1 Å². The van der Waals surface area contributed by atoms with Gasteiger partial charge < -0.3 is 11.1 Å². The number of nitrogens with two attached hydrogens (primary N) is 1. The molecule has 0 amide bonds. The maximum atomic E-state index is 5.71. The second-order valence-corrected chi connectivity index (χ2v) is 5.12. The van der Waals surface area contributed by atoms with Crippen LogP contribution in [0.25, 0.3) is 10.2 Å². The highest BCUT2D eigenvalue weighted by molar-refractivity contribution is 7.16. The van der Waals surface area contributed by atoms with Crippen molar-refractivity contribution in [3.8, 4) is 0 Å². The maximum Gasteiger partial charge on any atom is 0.223 e. The average molecular weight is 271 g/mol. The number of nitrogens with one attached hydrogen (secondary N) is 1. The molecule has 0 aromatic carbocycles. The Balaban J connectivity index is 1.90. The van der Waals surface area contributed by atoms with Crippen LogP contribution in [0.5, 0.6) is 0 Å². The number of hydrogen-bond donors (Lipinski definition) is 2. The molecular weight excluding hydrogens is 258 g/mol. The average Bonchev–Trinajstić information content (AvgIpc) is 2.85. The number of nitrogen functional groups attached to an aromatic ring is 1. The second-order valence-electron chi connectivity index (χ2n) is 4.23. The molecule has 3 N–H and O–H groups in total. The number of aromatic nitrogens is 3. The zero-order valence-corrected chi connectivity index (χ0v) is 11.2. The quantitative estimate of drug-likeness (QED) is 0.765. The van der Waals surface area contributed by atoms with Gasteiger partial charge in [0, 0.05) is 18.9 Å². The molecule has 0 atom stereocenters. The fourth-order valence-corrected chi connectivity index (χ4v) is 2.64. The van der Waals surface area contributed by atoms with Crippen molar-refractivity contribution >= 4 is 33.3 Å². The van der Waals surface area contributed by atoms with Gasteiger partial charge in [0.25, 0.3) is 0 Å². The molecule has 0 saturated heterocycles. The van der Waals surface area contributed by atoms with Crippen molar-refractivity contribution in [3.05, 3.63) is 41.0 Å². The molecule has 0 saturated carbocycles. The van der Waals surface area contributed by atoms with E-state index < -0.39 is 0 Å². The number of fused-ring (bicyclic) bond motifs is 1. The molecule has 5 nitrogen and oxygen atoms in total. The first-order chi connectivity index (χ1) is 9.24. The van der Waals surface area contributed by atoms with Crippen LogP contribution in [0.4, 0.5) is 11.8 Å². The summed E-state index contributed by atoms with van der Waals surface area (Å²) in [5, 5.41) is 6.29. The third kappa shape index (κ3) is 2.34. The molecule has 0 aliphatic heterocycles. The summed E-state index contributed by atoms with van der Waals surface area (Å²) in [7, 11) is 0. The Morgan fingerprint density at radius 3 is 3.05 bits per heavy atom. The normalized spacial score (nSPS) is 10.8. The van der Waals surface area contributed by atoms with E-state index in [2.05, 4.69) is 27.2 Å². The molecule has 0 aliphatic rings. The Morgan fingerprint density at radius 2 is 2.21 bits per heavy atom. The largest absolute Gasteiger partial charge is 0.368 e. The van der Waals surface area contributed by atoms with Crippen molar-refractivity contribution in [2.45, 2.75) is 13.5 Å². The van der Waals surface area contributed by atoms with Gasteiger partial charge >= 0.3 is 0 Å². The van der Waals surface area contributed by atoms with Crippen LogP contribution in [0, 0.1) is 6.92 Å². The van der Waals surface area contributed by atoms with E-state index in [-0.39, 0.29) is 0 Å². The van der Waals surface area contributed by atoms with E-state index in [9.17, 15) is 0 Å². The Labute approximate surface area is 114 Å². The molecular formula is C13H13N5S. The molecule has 0 radical (unpaired) electrons. The molecule has 3 rings (SSSR count). The maximum absolute atomic E-state index is 5.71. The van der Waals surface area contributed by atoms with Crippen molar-refractivity contribution in [1.29, 1.82) is 0 Å². The summed E-state index contributed by atoms with van der Waals surface area (Å²) in [5.74, 6) is 1.06. The summed E-state index contributed by atoms with van der Waals surface area (Å²) in [6, 6.07) is 3.99. The fraction of sp³-hybridized carbons (Fsp3) is 0.154. The van der Waals surface area contributed by atoms with E-state index in [0.29, 0.717) is 12.5 Å². The first kappa shape index (κ1) is 11.9. The SMILES string of the molecule is Cc1ccncc1CNc1nc(N)nc2sccc12. The number of thiophene rings is 1. The molecule has 3 aromatic heterocycles. The first-order valence-corrected chi connectivity index (χ1v) is 6.76. The number of rotatable bonds is 3. The van der Waals surface area contributed by atoms with Crippen LogP contribution in [0.3, 0.4) is 0 Å². The third-order valence-corrected chi connectivity index (χ3v) is 3.74. The minimum Gasteiger partial charge on any atom is -0.368 e. The lowest BCUT2D eigenvalue weighted by Crippen LogP contribution is -2.05. The summed E-state index contributed by atoms with van der Waals surface area (Å²) in [4.78, 5) is 13.5. The topological polar surface area (TPSA) is 76.7 Å². The molecule has 0 unspecified atom stereocenters. The lowest BCUT2D eigenvalue weighted by atomic mass is 10.1. The van der Waals surface area contributed by atoms with E-state index in [4.69, 9.17) is 5.73 Å². The first-order valence-electron chi connectivity index (χ1n) is 5.88. The molecule has 3 heterocycles. The number of nitrogens with zero attached hydrogens (tertiary/aromatic N) is 3. The zero-order valence-electron chi connectivity index (χ0n) is 10.4. The minimum absolute atomic E-state index is 0.292. The summed E-state index contributed by atoms with van der Waals surface area (Å²) < 4.78 is 0. The van der Waals surface area contributed by atoms with Gasteiger partial charge in [-0.15, -0.1) is 11.3 Å². The molecule has 6 heteroatoms. The number of hydrogen-bond acceptors (Lipinski definition) is 6.